The summed E-state index contributed by atoms with van der Waals surface area (Å²) in [5, 5.41) is 10.5. The van der Waals surface area contributed by atoms with Gasteiger partial charge < -0.3 is 9.84 Å². The number of rotatable bonds is 6. The summed E-state index contributed by atoms with van der Waals surface area (Å²) in [6.07, 6.45) is 5.03. The average molecular weight is 371 g/mol. The van der Waals surface area contributed by atoms with Crippen molar-refractivity contribution in [2.75, 3.05) is 31.5 Å². The van der Waals surface area contributed by atoms with E-state index in [9.17, 15) is 4.79 Å². The molecule has 2 heterocycles. The number of piperidine rings is 1. The van der Waals surface area contributed by atoms with Gasteiger partial charge in [-0.15, -0.1) is 12.4 Å². The maximum absolute atomic E-state index is 12.2. The van der Waals surface area contributed by atoms with Gasteiger partial charge in [0.15, 0.2) is 0 Å². The second kappa shape index (κ2) is 8.52. The van der Waals surface area contributed by atoms with E-state index in [4.69, 9.17) is 4.52 Å². The van der Waals surface area contributed by atoms with Crippen LogP contribution in [0.25, 0.3) is 0 Å². The van der Waals surface area contributed by atoms with Gasteiger partial charge in [-0.2, -0.15) is 0 Å². The van der Waals surface area contributed by atoms with E-state index in [1.54, 1.807) is 0 Å². The Labute approximate surface area is 156 Å². The van der Waals surface area contributed by atoms with Gasteiger partial charge in [0.25, 0.3) is 0 Å². The van der Waals surface area contributed by atoms with Crippen molar-refractivity contribution < 1.29 is 9.32 Å². The van der Waals surface area contributed by atoms with Crippen molar-refractivity contribution in [2.24, 2.45) is 5.92 Å². The van der Waals surface area contributed by atoms with Crippen LogP contribution in [0.1, 0.15) is 52.1 Å². The zero-order valence-corrected chi connectivity index (χ0v) is 16.3. The molecule has 25 heavy (non-hydrogen) atoms. The summed E-state index contributed by atoms with van der Waals surface area (Å²) < 4.78 is 5.22. The van der Waals surface area contributed by atoms with Crippen molar-refractivity contribution >= 4 is 24.2 Å². The van der Waals surface area contributed by atoms with Gasteiger partial charge in [0, 0.05) is 30.6 Å². The zero-order valence-electron chi connectivity index (χ0n) is 15.5. The van der Waals surface area contributed by atoms with E-state index in [2.05, 4.69) is 41.5 Å². The number of nitrogens with zero attached hydrogens (tertiary/aromatic N) is 2. The maximum Gasteiger partial charge on any atom is 0.240 e. The van der Waals surface area contributed by atoms with Crippen LogP contribution >= 0.6 is 12.4 Å². The number of carbonyl (C=O) groups excluding carboxylic acids is 1. The Kier molecular flexibility index (Phi) is 6.88. The molecule has 6 nitrogen and oxygen atoms in total. The van der Waals surface area contributed by atoms with Gasteiger partial charge in [0.1, 0.15) is 0 Å². The third kappa shape index (κ3) is 6.28. The van der Waals surface area contributed by atoms with Gasteiger partial charge in [-0.25, -0.2) is 0 Å². The van der Waals surface area contributed by atoms with Gasteiger partial charge in [-0.1, -0.05) is 25.9 Å². The number of anilines is 1. The quantitative estimate of drug-likeness (QED) is 0.805. The topological polar surface area (TPSA) is 70.4 Å². The van der Waals surface area contributed by atoms with Crippen molar-refractivity contribution in [3.63, 3.8) is 0 Å². The first-order chi connectivity index (χ1) is 11.4. The normalized spacial score (nSPS) is 19.5. The van der Waals surface area contributed by atoms with E-state index in [-0.39, 0.29) is 23.7 Å². The Morgan fingerprint density at radius 1 is 1.28 bits per heavy atom. The molecule has 1 aromatic heterocycles. The zero-order chi connectivity index (χ0) is 17.2. The van der Waals surface area contributed by atoms with Gasteiger partial charge in [0.2, 0.25) is 11.8 Å². The molecule has 0 spiro atoms. The Morgan fingerprint density at radius 3 is 2.52 bits per heavy atom. The lowest BCUT2D eigenvalue weighted by molar-refractivity contribution is -0.117. The molecular weight excluding hydrogens is 340 g/mol. The predicted octanol–water partition coefficient (Wildman–Crippen LogP) is 2.80. The van der Waals surface area contributed by atoms with E-state index in [0.717, 1.165) is 37.5 Å². The van der Waals surface area contributed by atoms with Gasteiger partial charge in [-0.05, 0) is 38.1 Å². The number of halogens is 1. The molecule has 3 rings (SSSR count). The summed E-state index contributed by atoms with van der Waals surface area (Å²) >= 11 is 0. The highest BCUT2D eigenvalue weighted by Gasteiger charge is 2.25. The number of carbonyl (C=O) groups is 1. The molecule has 142 valence electrons. The molecule has 1 saturated carbocycles. The van der Waals surface area contributed by atoms with Gasteiger partial charge in [0.05, 0.1) is 12.2 Å². The lowest BCUT2D eigenvalue weighted by Crippen LogP contribution is -2.45. The van der Waals surface area contributed by atoms with Crippen LogP contribution in [-0.4, -0.2) is 48.2 Å². The number of hydrogen-bond acceptors (Lipinski definition) is 5. The lowest BCUT2D eigenvalue weighted by atomic mass is 9.92. The summed E-state index contributed by atoms with van der Waals surface area (Å²) in [6, 6.07) is 2.43. The minimum Gasteiger partial charge on any atom is -0.338 e. The smallest absolute Gasteiger partial charge is 0.240 e. The molecule has 1 aromatic rings. The fraction of sp³-hybridized carbons (Fsp3) is 0.778. The summed E-state index contributed by atoms with van der Waals surface area (Å²) in [4.78, 5) is 14.4. The highest BCUT2D eigenvalue weighted by molar-refractivity contribution is 5.91. The van der Waals surface area contributed by atoms with Crippen LogP contribution in [0.3, 0.4) is 0 Å². The lowest BCUT2D eigenvalue weighted by Gasteiger charge is -2.31. The summed E-state index contributed by atoms with van der Waals surface area (Å²) in [5.74, 6) is 1.33. The van der Waals surface area contributed by atoms with Crippen molar-refractivity contribution in [3.05, 3.63) is 11.8 Å². The molecule has 0 atom stereocenters. The highest BCUT2D eigenvalue weighted by Crippen LogP contribution is 2.28. The fourth-order valence-electron chi connectivity index (χ4n) is 3.02. The third-order valence-corrected chi connectivity index (χ3v) is 4.89. The van der Waals surface area contributed by atoms with Crippen molar-refractivity contribution in [1.29, 1.82) is 0 Å². The van der Waals surface area contributed by atoms with E-state index >= 15 is 0 Å². The van der Waals surface area contributed by atoms with Crippen LogP contribution in [0.2, 0.25) is 0 Å². The summed E-state index contributed by atoms with van der Waals surface area (Å²) in [6.45, 7) is 9.74. The van der Waals surface area contributed by atoms with E-state index in [0.29, 0.717) is 18.5 Å². The minimum absolute atomic E-state index is 0. The van der Waals surface area contributed by atoms with E-state index in [1.165, 1.54) is 19.4 Å². The monoisotopic (exact) mass is 370 g/mol. The molecule has 2 fully saturated rings. The SMILES string of the molecule is CC(C)(C)c1cc(NC(=O)CN2CCC(NCC3CC3)CC2)on1.Cl. The second-order valence-electron chi connectivity index (χ2n) is 8.28. The Bertz CT molecular complexity index is 558. The Hall–Kier alpha value is -1.11. The third-order valence-electron chi connectivity index (χ3n) is 4.89. The summed E-state index contributed by atoms with van der Waals surface area (Å²) in [7, 11) is 0. The van der Waals surface area contributed by atoms with Crippen molar-refractivity contribution in [1.82, 2.24) is 15.4 Å². The van der Waals surface area contributed by atoms with Crippen LogP contribution in [0.5, 0.6) is 0 Å². The highest BCUT2D eigenvalue weighted by atomic mass is 35.5. The predicted molar refractivity (Wildman–Crippen MR) is 101 cm³/mol. The molecule has 2 aliphatic rings. The molecule has 0 bridgehead atoms. The molecule has 0 unspecified atom stereocenters. The van der Waals surface area contributed by atoms with Crippen LogP contribution < -0.4 is 10.6 Å². The number of likely N-dealkylation sites (tertiary alicyclic amines) is 1. The molecule has 0 aromatic carbocycles. The van der Waals surface area contributed by atoms with Crippen LogP contribution in [0.15, 0.2) is 10.6 Å². The van der Waals surface area contributed by atoms with Crippen molar-refractivity contribution in [2.45, 2.75) is 57.9 Å². The first-order valence-corrected chi connectivity index (χ1v) is 9.13. The Balaban J connectivity index is 0.00000225. The number of nitrogens with one attached hydrogen (secondary N) is 2. The minimum atomic E-state index is -0.0815. The van der Waals surface area contributed by atoms with Gasteiger partial charge in [-0.3, -0.25) is 15.0 Å². The number of amides is 1. The molecular formula is C18H31ClN4O2. The maximum atomic E-state index is 12.2. The van der Waals surface area contributed by atoms with Crippen LogP contribution in [0, 0.1) is 5.92 Å². The average Bonchev–Trinajstić information content (AvgIpc) is 3.22. The summed E-state index contributed by atoms with van der Waals surface area (Å²) in [5.41, 5.74) is 0.766. The van der Waals surface area contributed by atoms with Crippen LogP contribution in [-0.2, 0) is 10.2 Å². The Morgan fingerprint density at radius 2 is 1.96 bits per heavy atom. The molecule has 1 aliphatic heterocycles. The largest absolute Gasteiger partial charge is 0.338 e. The number of hydrogen-bond donors (Lipinski definition) is 2. The number of aromatic nitrogens is 1. The molecule has 1 saturated heterocycles. The molecule has 2 N–H and O–H groups in total. The molecule has 0 radical (unpaired) electrons. The molecule has 7 heteroatoms. The van der Waals surface area contributed by atoms with E-state index < -0.39 is 0 Å². The second-order valence-corrected chi connectivity index (χ2v) is 8.28. The van der Waals surface area contributed by atoms with Gasteiger partial charge >= 0.3 is 0 Å². The van der Waals surface area contributed by atoms with Crippen molar-refractivity contribution in [3.8, 4) is 0 Å². The van der Waals surface area contributed by atoms with Crippen LogP contribution in [0.4, 0.5) is 5.88 Å². The first-order valence-electron chi connectivity index (χ1n) is 9.13. The first kappa shape index (κ1) is 20.2. The molecule has 1 aliphatic carbocycles. The standard InChI is InChI=1S/C18H30N4O2.ClH/c1-18(2,3)15-10-17(24-21-15)20-16(23)12-22-8-6-14(7-9-22)19-11-13-4-5-13;/h10,13-14,19H,4-9,11-12H2,1-3H3,(H,20,23);1H. The fourth-order valence-corrected chi connectivity index (χ4v) is 3.02. The van der Waals surface area contributed by atoms with E-state index in [1.807, 2.05) is 6.07 Å². The molecule has 1 amide bonds.